The van der Waals surface area contributed by atoms with E-state index < -0.39 is 10.0 Å². The number of nitrogens with zero attached hydrogens (tertiary/aromatic N) is 3. The summed E-state index contributed by atoms with van der Waals surface area (Å²) in [5.74, 6) is 0.0346. The molecule has 46 heavy (non-hydrogen) atoms. The van der Waals surface area contributed by atoms with Crippen LogP contribution in [0.5, 0.6) is 5.75 Å². The van der Waals surface area contributed by atoms with Crippen molar-refractivity contribution in [2.45, 2.75) is 39.2 Å². The predicted molar refractivity (Wildman–Crippen MR) is 183 cm³/mol. The molecule has 3 aromatic carbocycles. The lowest BCUT2D eigenvalue weighted by atomic mass is 9.86. The lowest BCUT2D eigenvalue weighted by Crippen LogP contribution is -2.48. The van der Waals surface area contributed by atoms with E-state index in [4.69, 9.17) is 4.74 Å². The second-order valence-corrected chi connectivity index (χ2v) is 14.7. The summed E-state index contributed by atoms with van der Waals surface area (Å²) in [6.07, 6.45) is 1.49. The van der Waals surface area contributed by atoms with Crippen molar-refractivity contribution in [3.63, 3.8) is 0 Å². The zero-order valence-corrected chi connectivity index (χ0v) is 28.2. The van der Waals surface area contributed by atoms with E-state index in [0.717, 1.165) is 46.9 Å². The molecule has 0 saturated carbocycles. The molecule has 0 atom stereocenters. The molecule has 244 valence electrons. The monoisotopic (exact) mass is 645 g/mol. The number of ether oxygens (including phenoxy) is 1. The highest BCUT2D eigenvalue weighted by Crippen LogP contribution is 2.39. The van der Waals surface area contributed by atoms with Gasteiger partial charge in [0.1, 0.15) is 5.69 Å². The molecule has 2 heterocycles. The van der Waals surface area contributed by atoms with Crippen LogP contribution in [0, 0.1) is 0 Å². The van der Waals surface area contributed by atoms with Crippen LogP contribution in [0.2, 0.25) is 0 Å². The lowest BCUT2D eigenvalue weighted by molar-refractivity contribution is -0.132. The molecule has 11 heteroatoms. The highest BCUT2D eigenvalue weighted by Gasteiger charge is 2.25. The molecule has 1 aliphatic heterocycles. The van der Waals surface area contributed by atoms with Gasteiger partial charge < -0.3 is 19.5 Å². The average molecular weight is 646 g/mol. The van der Waals surface area contributed by atoms with Crippen molar-refractivity contribution in [2.24, 2.45) is 7.05 Å². The molecular weight excluding hydrogens is 602 g/mol. The third kappa shape index (κ3) is 7.54. The molecule has 1 fully saturated rings. The van der Waals surface area contributed by atoms with Crippen LogP contribution < -0.4 is 14.8 Å². The number of carbonyl (C=O) groups excluding carboxylic acids is 2. The van der Waals surface area contributed by atoms with Crippen LogP contribution in [0.4, 0.5) is 11.4 Å². The predicted octanol–water partition coefficient (Wildman–Crippen LogP) is 5.00. The van der Waals surface area contributed by atoms with E-state index in [9.17, 15) is 18.0 Å². The van der Waals surface area contributed by atoms with Gasteiger partial charge in [-0.3, -0.25) is 19.2 Å². The average Bonchev–Trinajstić information content (AvgIpc) is 3.34. The molecule has 0 spiro atoms. The Morgan fingerprint density at radius 2 is 1.59 bits per heavy atom. The molecule has 0 bridgehead atoms. The summed E-state index contributed by atoms with van der Waals surface area (Å²) in [5.41, 5.74) is 4.67. The number of carbonyl (C=O) groups is 2. The molecular formula is C35H43N5O5S. The van der Waals surface area contributed by atoms with Crippen molar-refractivity contribution in [3.05, 3.63) is 89.1 Å². The minimum Gasteiger partial charge on any atom is -0.492 e. The zero-order chi connectivity index (χ0) is 33.2. The van der Waals surface area contributed by atoms with E-state index in [2.05, 4.69) is 21.0 Å². The van der Waals surface area contributed by atoms with E-state index in [1.165, 1.54) is 7.11 Å². The van der Waals surface area contributed by atoms with Gasteiger partial charge in [0.2, 0.25) is 15.9 Å². The van der Waals surface area contributed by atoms with Gasteiger partial charge in [-0.25, -0.2) is 8.42 Å². The molecule has 0 aliphatic carbocycles. The number of benzene rings is 3. The first-order valence-electron chi connectivity index (χ1n) is 15.4. The number of piperazine rings is 1. The Balaban J connectivity index is 1.35. The Morgan fingerprint density at radius 1 is 0.913 bits per heavy atom. The number of hydrogen-bond acceptors (Lipinski definition) is 6. The van der Waals surface area contributed by atoms with Crippen molar-refractivity contribution in [3.8, 4) is 5.75 Å². The van der Waals surface area contributed by atoms with Gasteiger partial charge in [-0.15, -0.1) is 0 Å². The summed E-state index contributed by atoms with van der Waals surface area (Å²) in [7, 11) is -0.284. The molecule has 1 saturated heterocycles. The number of fused-ring (bicyclic) bond motifs is 1. The SMILES string of the molecule is COc1c(NC(=O)c2cc3cccc(CN4CCN(C(=O)Cc5ccccc5)CC4)c3n2C)cc(C(C)(C)C)cc1NS(C)(=O)=O. The zero-order valence-electron chi connectivity index (χ0n) is 27.4. The molecule has 0 radical (unpaired) electrons. The maximum absolute atomic E-state index is 13.8. The number of amides is 2. The number of aryl methyl sites for hydroxylation is 1. The highest BCUT2D eigenvalue weighted by molar-refractivity contribution is 7.92. The Hall–Kier alpha value is -4.35. The first kappa shape index (κ1) is 33.0. The third-order valence-electron chi connectivity index (χ3n) is 8.39. The Morgan fingerprint density at radius 3 is 2.22 bits per heavy atom. The summed E-state index contributed by atoms with van der Waals surface area (Å²) in [6, 6.07) is 21.3. The molecule has 2 N–H and O–H groups in total. The first-order chi connectivity index (χ1) is 21.7. The van der Waals surface area contributed by atoms with E-state index in [0.29, 0.717) is 37.4 Å². The van der Waals surface area contributed by atoms with E-state index >= 15 is 0 Å². The fraction of sp³-hybridized carbons (Fsp3) is 0.371. The van der Waals surface area contributed by atoms with Gasteiger partial charge in [-0.2, -0.15) is 0 Å². The molecule has 5 rings (SSSR count). The summed E-state index contributed by atoms with van der Waals surface area (Å²) < 4.78 is 34.3. The number of para-hydroxylation sites is 1. The molecule has 1 aromatic heterocycles. The first-order valence-corrected chi connectivity index (χ1v) is 17.3. The quantitative estimate of drug-likeness (QED) is 0.265. The summed E-state index contributed by atoms with van der Waals surface area (Å²) in [6.45, 7) is 9.61. The second kappa shape index (κ2) is 13.2. The molecule has 4 aromatic rings. The van der Waals surface area contributed by atoms with Gasteiger partial charge in [0.25, 0.3) is 5.91 Å². The van der Waals surface area contributed by atoms with Crippen LogP contribution >= 0.6 is 0 Å². The topological polar surface area (TPSA) is 113 Å². The third-order valence-corrected chi connectivity index (χ3v) is 8.98. The summed E-state index contributed by atoms with van der Waals surface area (Å²) in [5, 5.41) is 3.93. The van der Waals surface area contributed by atoms with Gasteiger partial charge in [0.15, 0.2) is 5.75 Å². The normalized spacial score (nSPS) is 14.3. The van der Waals surface area contributed by atoms with Gasteiger partial charge >= 0.3 is 0 Å². The van der Waals surface area contributed by atoms with Crippen LogP contribution in [0.25, 0.3) is 10.9 Å². The minimum absolute atomic E-state index is 0.148. The standard InChI is InChI=1S/C35H43N5O5S/c1-35(2,3)27-21-28(33(45-5)29(22-27)37-46(6,43)44)36-34(42)30-20-25-13-10-14-26(32(25)38(30)4)23-39-15-17-40(18-16-39)31(41)19-24-11-8-7-9-12-24/h7-14,20-22,37H,15-19,23H2,1-6H3,(H,36,42). The van der Waals surface area contributed by atoms with Crippen molar-refractivity contribution in [1.82, 2.24) is 14.4 Å². The van der Waals surface area contributed by atoms with E-state index in [1.54, 1.807) is 6.07 Å². The van der Waals surface area contributed by atoms with Gasteiger partial charge in [-0.1, -0.05) is 69.3 Å². The van der Waals surface area contributed by atoms with Crippen LogP contribution in [0.15, 0.2) is 66.7 Å². The molecule has 10 nitrogen and oxygen atoms in total. The Bertz CT molecular complexity index is 1850. The van der Waals surface area contributed by atoms with Crippen molar-refractivity contribution < 1.29 is 22.7 Å². The second-order valence-electron chi connectivity index (χ2n) is 12.9. The van der Waals surface area contributed by atoms with Crippen LogP contribution in [0.1, 0.15) is 48.0 Å². The number of sulfonamides is 1. The smallest absolute Gasteiger partial charge is 0.272 e. The Kier molecular flexibility index (Phi) is 9.46. The van der Waals surface area contributed by atoms with Crippen LogP contribution in [-0.2, 0) is 40.2 Å². The van der Waals surface area contributed by atoms with Gasteiger partial charge in [-0.05, 0) is 40.3 Å². The highest BCUT2D eigenvalue weighted by atomic mass is 32.2. The van der Waals surface area contributed by atoms with Gasteiger partial charge in [0.05, 0.1) is 36.7 Å². The van der Waals surface area contributed by atoms with Crippen molar-refractivity contribution in [1.29, 1.82) is 0 Å². The van der Waals surface area contributed by atoms with Crippen molar-refractivity contribution >= 4 is 44.1 Å². The summed E-state index contributed by atoms with van der Waals surface area (Å²) >= 11 is 0. The molecule has 2 amide bonds. The van der Waals surface area contributed by atoms with Crippen LogP contribution in [-0.4, -0.2) is 74.1 Å². The number of nitrogens with one attached hydrogen (secondary N) is 2. The number of rotatable bonds is 9. The fourth-order valence-electron chi connectivity index (χ4n) is 5.96. The lowest BCUT2D eigenvalue weighted by Gasteiger charge is -2.35. The number of hydrogen-bond donors (Lipinski definition) is 2. The largest absolute Gasteiger partial charge is 0.492 e. The van der Waals surface area contributed by atoms with Crippen LogP contribution in [0.3, 0.4) is 0 Å². The number of aromatic nitrogens is 1. The summed E-state index contributed by atoms with van der Waals surface area (Å²) in [4.78, 5) is 30.9. The maximum Gasteiger partial charge on any atom is 0.272 e. The number of anilines is 2. The van der Waals surface area contributed by atoms with Crippen molar-refractivity contribution in [2.75, 3.05) is 49.6 Å². The number of methoxy groups -OCH3 is 1. The maximum atomic E-state index is 13.8. The fourth-order valence-corrected chi connectivity index (χ4v) is 6.51. The van der Waals surface area contributed by atoms with E-state index in [-0.39, 0.29) is 28.7 Å². The molecule has 0 unspecified atom stereocenters. The molecule has 1 aliphatic rings. The Labute approximate surface area is 271 Å². The van der Waals surface area contributed by atoms with Gasteiger partial charge in [0, 0.05) is 45.2 Å². The minimum atomic E-state index is -3.60. The van der Waals surface area contributed by atoms with E-state index in [1.807, 2.05) is 91.9 Å².